The van der Waals surface area contributed by atoms with E-state index in [4.69, 9.17) is 12.2 Å². The molecule has 0 aromatic heterocycles. The summed E-state index contributed by atoms with van der Waals surface area (Å²) in [4.78, 5) is 26.7. The van der Waals surface area contributed by atoms with E-state index in [1.165, 1.54) is 4.90 Å². The fraction of sp³-hybridized carbons (Fsp3) is 0.0455. The van der Waals surface area contributed by atoms with Gasteiger partial charge in [-0.25, -0.2) is 0 Å². The maximum atomic E-state index is 12.9. The Labute approximate surface area is 161 Å². The highest BCUT2D eigenvalue weighted by atomic mass is 32.1. The van der Waals surface area contributed by atoms with Crippen molar-refractivity contribution in [2.45, 2.75) is 0 Å². The first-order valence-electron chi connectivity index (χ1n) is 8.50. The Hall–Kier alpha value is -3.31. The minimum atomic E-state index is -0.484. The van der Waals surface area contributed by atoms with Gasteiger partial charge < -0.3 is 0 Å². The summed E-state index contributed by atoms with van der Waals surface area (Å²) in [7, 11) is 0. The third-order valence-electron chi connectivity index (χ3n) is 4.60. The van der Waals surface area contributed by atoms with Gasteiger partial charge in [-0.05, 0) is 51.5 Å². The average molecular weight is 372 g/mol. The lowest BCUT2D eigenvalue weighted by Gasteiger charge is -2.28. The third-order valence-corrected chi connectivity index (χ3v) is 4.92. The molecular weight excluding hydrogens is 356 g/mol. The average Bonchev–Trinajstić information content (AvgIpc) is 2.67. The maximum absolute atomic E-state index is 12.9. The standard InChI is InChI=1S/C22H16N2O2S/c1-2-11-24-21(26)19(20(25)23-22(24)27)13-18-16-9-5-3-7-14(16)12-15-8-4-6-10-17(15)18/h2-10,12-13H,1,11H2,(H,23,25,27)/b19-13-. The quantitative estimate of drug-likeness (QED) is 0.250. The zero-order chi connectivity index (χ0) is 19.0. The van der Waals surface area contributed by atoms with Crippen LogP contribution in [-0.2, 0) is 9.59 Å². The predicted molar refractivity (Wildman–Crippen MR) is 112 cm³/mol. The van der Waals surface area contributed by atoms with E-state index >= 15 is 0 Å². The van der Waals surface area contributed by atoms with Gasteiger partial charge in [0.1, 0.15) is 5.57 Å². The SMILES string of the molecule is C=CCN1C(=O)/C(=C\c2c3ccccc3cc3ccccc23)C(=O)NC1=S. The Morgan fingerprint density at radius 3 is 2.19 bits per heavy atom. The molecule has 27 heavy (non-hydrogen) atoms. The maximum Gasteiger partial charge on any atom is 0.265 e. The van der Waals surface area contributed by atoms with Crippen molar-refractivity contribution >= 4 is 56.8 Å². The van der Waals surface area contributed by atoms with Crippen LogP contribution in [0.3, 0.4) is 0 Å². The molecule has 0 aliphatic carbocycles. The number of hydrogen-bond acceptors (Lipinski definition) is 3. The van der Waals surface area contributed by atoms with Crippen molar-refractivity contribution in [1.29, 1.82) is 0 Å². The molecule has 1 heterocycles. The first kappa shape index (κ1) is 17.1. The van der Waals surface area contributed by atoms with Crippen LogP contribution in [0.15, 0.2) is 72.8 Å². The summed E-state index contributed by atoms with van der Waals surface area (Å²) in [5.74, 6) is -0.900. The third kappa shape index (κ3) is 2.92. The molecule has 5 heteroatoms. The largest absolute Gasteiger partial charge is 0.298 e. The van der Waals surface area contributed by atoms with Crippen LogP contribution in [0.1, 0.15) is 5.56 Å². The van der Waals surface area contributed by atoms with Gasteiger partial charge in [0.2, 0.25) is 0 Å². The molecule has 0 spiro atoms. The molecule has 0 unspecified atom stereocenters. The van der Waals surface area contributed by atoms with Crippen LogP contribution < -0.4 is 5.32 Å². The number of nitrogens with zero attached hydrogens (tertiary/aromatic N) is 1. The van der Waals surface area contributed by atoms with E-state index in [9.17, 15) is 9.59 Å². The minimum absolute atomic E-state index is 0.0620. The second-order valence-electron chi connectivity index (χ2n) is 6.25. The lowest BCUT2D eigenvalue weighted by atomic mass is 9.94. The molecule has 0 bridgehead atoms. The van der Waals surface area contributed by atoms with E-state index < -0.39 is 11.8 Å². The Morgan fingerprint density at radius 1 is 1.00 bits per heavy atom. The van der Waals surface area contributed by atoms with E-state index in [0.29, 0.717) is 0 Å². The van der Waals surface area contributed by atoms with E-state index in [1.54, 1.807) is 12.2 Å². The number of hydrogen-bond donors (Lipinski definition) is 1. The van der Waals surface area contributed by atoms with Gasteiger partial charge in [-0.2, -0.15) is 0 Å². The molecule has 1 fully saturated rings. The first-order chi connectivity index (χ1) is 13.1. The number of rotatable bonds is 3. The minimum Gasteiger partial charge on any atom is -0.298 e. The van der Waals surface area contributed by atoms with E-state index in [-0.39, 0.29) is 17.2 Å². The highest BCUT2D eigenvalue weighted by Crippen LogP contribution is 2.30. The summed E-state index contributed by atoms with van der Waals surface area (Å²) in [6, 6.07) is 18.0. The Morgan fingerprint density at radius 2 is 1.59 bits per heavy atom. The second kappa shape index (κ2) is 6.78. The number of carbonyl (C=O) groups excluding carboxylic acids is 2. The highest BCUT2D eigenvalue weighted by molar-refractivity contribution is 7.80. The Bertz CT molecular complexity index is 1110. The van der Waals surface area contributed by atoms with Crippen molar-refractivity contribution in [3.63, 3.8) is 0 Å². The van der Waals surface area contributed by atoms with Gasteiger partial charge in [0.25, 0.3) is 11.8 Å². The van der Waals surface area contributed by atoms with E-state index in [2.05, 4.69) is 18.0 Å². The summed E-state index contributed by atoms with van der Waals surface area (Å²) in [5, 5.41) is 6.75. The van der Waals surface area contributed by atoms with Crippen LogP contribution >= 0.6 is 12.2 Å². The molecule has 4 rings (SSSR count). The highest BCUT2D eigenvalue weighted by Gasteiger charge is 2.32. The molecule has 1 saturated heterocycles. The van der Waals surface area contributed by atoms with Gasteiger partial charge in [0.15, 0.2) is 5.11 Å². The lowest BCUT2D eigenvalue weighted by molar-refractivity contribution is -0.128. The topological polar surface area (TPSA) is 49.4 Å². The fourth-order valence-electron chi connectivity index (χ4n) is 3.34. The van der Waals surface area contributed by atoms with Gasteiger partial charge >= 0.3 is 0 Å². The number of fused-ring (bicyclic) bond motifs is 2. The number of thiocarbonyl (C=S) groups is 1. The molecule has 3 aromatic carbocycles. The van der Waals surface area contributed by atoms with Crippen LogP contribution in [0.4, 0.5) is 0 Å². The zero-order valence-corrected chi connectivity index (χ0v) is 15.3. The number of amides is 2. The molecule has 2 amide bonds. The summed E-state index contributed by atoms with van der Waals surface area (Å²) in [6.07, 6.45) is 3.24. The van der Waals surface area contributed by atoms with Gasteiger partial charge in [-0.15, -0.1) is 6.58 Å². The number of carbonyl (C=O) groups is 2. The second-order valence-corrected chi connectivity index (χ2v) is 6.64. The van der Waals surface area contributed by atoms with Crippen molar-refractivity contribution < 1.29 is 9.59 Å². The normalized spacial score (nSPS) is 16.2. The Balaban J connectivity index is 1.98. The number of benzene rings is 3. The monoisotopic (exact) mass is 372 g/mol. The van der Waals surface area contributed by atoms with Gasteiger partial charge in [-0.1, -0.05) is 54.6 Å². The van der Waals surface area contributed by atoms with Crippen LogP contribution in [0.25, 0.3) is 27.6 Å². The first-order valence-corrected chi connectivity index (χ1v) is 8.91. The molecule has 1 aliphatic heterocycles. The molecule has 0 radical (unpaired) electrons. The van der Waals surface area contributed by atoms with Gasteiger partial charge in [0, 0.05) is 6.54 Å². The molecule has 1 N–H and O–H groups in total. The summed E-state index contributed by atoms with van der Waals surface area (Å²) in [6.45, 7) is 3.89. The van der Waals surface area contributed by atoms with Crippen LogP contribution in [0, 0.1) is 0 Å². The van der Waals surface area contributed by atoms with E-state index in [1.807, 2.05) is 48.5 Å². The summed E-state index contributed by atoms with van der Waals surface area (Å²) >= 11 is 5.12. The van der Waals surface area contributed by atoms with Crippen molar-refractivity contribution in [3.8, 4) is 0 Å². The lowest BCUT2D eigenvalue weighted by Crippen LogP contribution is -2.53. The van der Waals surface area contributed by atoms with Crippen molar-refractivity contribution in [2.24, 2.45) is 0 Å². The molecule has 1 aliphatic rings. The number of nitrogens with one attached hydrogen (secondary N) is 1. The molecule has 132 valence electrons. The van der Waals surface area contributed by atoms with Gasteiger partial charge in [-0.3, -0.25) is 19.8 Å². The van der Waals surface area contributed by atoms with Gasteiger partial charge in [0.05, 0.1) is 0 Å². The summed E-state index contributed by atoms with van der Waals surface area (Å²) < 4.78 is 0. The molecule has 0 atom stereocenters. The molecule has 3 aromatic rings. The van der Waals surface area contributed by atoms with Crippen LogP contribution in [0.2, 0.25) is 0 Å². The zero-order valence-electron chi connectivity index (χ0n) is 14.4. The van der Waals surface area contributed by atoms with Crippen LogP contribution in [0.5, 0.6) is 0 Å². The molecular formula is C22H16N2O2S. The smallest absolute Gasteiger partial charge is 0.265 e. The summed E-state index contributed by atoms with van der Waals surface area (Å²) in [5.41, 5.74) is 0.903. The van der Waals surface area contributed by atoms with Crippen molar-refractivity contribution in [1.82, 2.24) is 10.2 Å². The Kier molecular flexibility index (Phi) is 4.30. The fourth-order valence-corrected chi connectivity index (χ4v) is 3.59. The van der Waals surface area contributed by atoms with Crippen molar-refractivity contribution in [3.05, 3.63) is 78.4 Å². The van der Waals surface area contributed by atoms with Crippen LogP contribution in [-0.4, -0.2) is 28.4 Å². The predicted octanol–water partition coefficient (Wildman–Crippen LogP) is 3.81. The molecule has 4 nitrogen and oxygen atoms in total. The van der Waals surface area contributed by atoms with E-state index in [0.717, 1.165) is 27.1 Å². The van der Waals surface area contributed by atoms with Crippen molar-refractivity contribution in [2.75, 3.05) is 6.54 Å². The molecule has 0 saturated carbocycles.